The van der Waals surface area contributed by atoms with Crippen molar-refractivity contribution in [2.24, 2.45) is 4.99 Å². The first-order valence-corrected chi connectivity index (χ1v) is 13.1. The van der Waals surface area contributed by atoms with E-state index in [0.29, 0.717) is 10.9 Å². The number of hydrogen-bond donors (Lipinski definition) is 2. The van der Waals surface area contributed by atoms with Gasteiger partial charge in [-0.25, -0.2) is 4.21 Å². The molecule has 1 heterocycles. The van der Waals surface area contributed by atoms with Gasteiger partial charge in [0.25, 0.3) is 0 Å². The van der Waals surface area contributed by atoms with Crippen LogP contribution in [0.4, 0.5) is 0 Å². The van der Waals surface area contributed by atoms with E-state index < -0.39 is 11.1 Å². The normalized spacial score (nSPS) is 21.8. The van der Waals surface area contributed by atoms with E-state index in [1.54, 1.807) is 18.5 Å². The SMILES string of the molecule is C[N+](C)(C)C1C=CC(CCS(=O)O)=c2ccc3c(c21)C(=O)C=C1C(C2=CN=CC=CN2)=CCCC=31. The molecule has 0 spiro atoms. The van der Waals surface area contributed by atoms with Crippen LogP contribution in [-0.4, -0.2) is 52.1 Å². The molecule has 0 aromatic heterocycles. The number of allylic oxidation sites excluding steroid dienone is 5. The first kappa shape index (κ1) is 23.6. The lowest BCUT2D eigenvalue weighted by Crippen LogP contribution is -2.44. The summed E-state index contributed by atoms with van der Waals surface area (Å²) < 4.78 is 21.4. The number of benzene rings is 1. The molecular weight excluding hydrogens is 458 g/mol. The standard InChI is InChI=1S/C28H29N3O3S/c1-31(2,3)25-11-8-18(12-15-35(33)34)19-9-10-22-20-6-4-7-21(24-17-29-13-5-14-30-24)23(20)16-26(32)28(22)27(19)25/h5,7-11,13-14,16-17,25H,4,6,12,15H2,1-3H3,(H-,29,30,33,34)/p+1. The van der Waals surface area contributed by atoms with E-state index in [1.807, 2.05) is 12.3 Å². The van der Waals surface area contributed by atoms with Crippen molar-refractivity contribution >= 4 is 34.2 Å². The fraction of sp³-hybridized carbons (Fsp3) is 0.286. The molecule has 1 aliphatic heterocycles. The van der Waals surface area contributed by atoms with E-state index in [-0.39, 0.29) is 17.6 Å². The van der Waals surface area contributed by atoms with Crippen molar-refractivity contribution < 1.29 is 18.0 Å². The number of nitrogens with one attached hydrogen (secondary N) is 1. The number of fused-ring (bicyclic) bond motifs is 4. The molecule has 180 valence electrons. The highest BCUT2D eigenvalue weighted by Crippen LogP contribution is 2.37. The Kier molecular flexibility index (Phi) is 6.17. The summed E-state index contributed by atoms with van der Waals surface area (Å²) in [6.45, 7) is 0. The highest BCUT2D eigenvalue weighted by Gasteiger charge is 2.34. The van der Waals surface area contributed by atoms with Crippen molar-refractivity contribution in [3.05, 3.63) is 93.3 Å². The van der Waals surface area contributed by atoms with Gasteiger partial charge in [0.05, 0.1) is 38.8 Å². The fourth-order valence-corrected chi connectivity index (χ4v) is 5.78. The Balaban J connectivity index is 1.74. The molecule has 4 aliphatic rings. The Hall–Kier alpha value is -3.13. The van der Waals surface area contributed by atoms with E-state index in [9.17, 15) is 13.6 Å². The predicted molar refractivity (Wildman–Crippen MR) is 141 cm³/mol. The number of ketones is 1. The second-order valence-corrected chi connectivity index (χ2v) is 11.1. The van der Waals surface area contributed by atoms with Crippen LogP contribution in [0.15, 0.2) is 76.7 Å². The molecule has 0 saturated heterocycles. The zero-order chi connectivity index (χ0) is 24.7. The van der Waals surface area contributed by atoms with Gasteiger partial charge in [-0.05, 0) is 64.6 Å². The average molecular weight is 489 g/mol. The Morgan fingerprint density at radius 2 is 2.00 bits per heavy atom. The minimum atomic E-state index is -1.86. The molecule has 1 aromatic rings. The zero-order valence-electron chi connectivity index (χ0n) is 20.2. The predicted octanol–water partition coefficient (Wildman–Crippen LogP) is 2.79. The highest BCUT2D eigenvalue weighted by atomic mass is 32.2. The molecule has 2 N–H and O–H groups in total. The number of aliphatic imine (C=N–C) groups is 1. The topological polar surface area (TPSA) is 78.8 Å². The van der Waals surface area contributed by atoms with Gasteiger partial charge in [-0.3, -0.25) is 9.79 Å². The number of carbonyl (C=O) groups is 1. The molecule has 0 amide bonds. The molecule has 3 aliphatic carbocycles. The molecule has 0 bridgehead atoms. The van der Waals surface area contributed by atoms with E-state index in [2.05, 4.69) is 61.8 Å². The van der Waals surface area contributed by atoms with Gasteiger partial charge in [-0.15, -0.1) is 0 Å². The summed E-state index contributed by atoms with van der Waals surface area (Å²) in [5.74, 6) is 0.184. The van der Waals surface area contributed by atoms with Crippen molar-refractivity contribution in [3.8, 4) is 0 Å². The van der Waals surface area contributed by atoms with Crippen LogP contribution in [-0.2, 0) is 11.1 Å². The summed E-state index contributed by atoms with van der Waals surface area (Å²) in [7, 11) is 6.40. The second kappa shape index (κ2) is 9.15. The Labute approximate surface area is 208 Å². The van der Waals surface area contributed by atoms with Gasteiger partial charge in [0.15, 0.2) is 16.9 Å². The first-order chi connectivity index (χ1) is 16.8. The summed E-state index contributed by atoms with van der Waals surface area (Å²) >= 11 is -1.86. The molecule has 0 saturated carbocycles. The third-order valence-electron chi connectivity index (χ3n) is 6.95. The van der Waals surface area contributed by atoms with Gasteiger partial charge in [0.1, 0.15) is 6.04 Å². The van der Waals surface area contributed by atoms with E-state index in [1.165, 1.54) is 5.57 Å². The van der Waals surface area contributed by atoms with Crippen LogP contribution >= 0.6 is 0 Å². The van der Waals surface area contributed by atoms with Crippen LogP contribution in [0.25, 0.3) is 11.1 Å². The zero-order valence-corrected chi connectivity index (χ0v) is 21.1. The molecule has 35 heavy (non-hydrogen) atoms. The smallest absolute Gasteiger partial charge is 0.187 e. The van der Waals surface area contributed by atoms with Gasteiger partial charge < -0.3 is 14.4 Å². The molecule has 1 aromatic carbocycles. The quantitative estimate of drug-likeness (QED) is 0.494. The average Bonchev–Trinajstić information content (AvgIpc) is 3.10. The minimum absolute atomic E-state index is 0.00660. The lowest BCUT2D eigenvalue weighted by molar-refractivity contribution is -0.895. The molecular formula is C28H30N3O3S+. The maximum Gasteiger partial charge on any atom is 0.187 e. The third kappa shape index (κ3) is 4.35. The number of nitrogens with zero attached hydrogens (tertiary/aromatic N) is 2. The van der Waals surface area contributed by atoms with E-state index in [4.69, 9.17) is 0 Å². The van der Waals surface area contributed by atoms with E-state index in [0.717, 1.165) is 56.8 Å². The van der Waals surface area contributed by atoms with Crippen LogP contribution in [0.3, 0.4) is 0 Å². The monoisotopic (exact) mass is 488 g/mol. The van der Waals surface area contributed by atoms with Gasteiger partial charge in [-0.1, -0.05) is 24.3 Å². The summed E-state index contributed by atoms with van der Waals surface area (Å²) in [5, 5.41) is 5.31. The van der Waals surface area contributed by atoms with Gasteiger partial charge in [-0.2, -0.15) is 0 Å². The number of carbonyl (C=O) groups excluding carboxylic acids is 1. The summed E-state index contributed by atoms with van der Waals surface area (Å²) in [6.07, 6.45) is 17.6. The maximum absolute atomic E-state index is 13.8. The number of hydrogen-bond acceptors (Lipinski definition) is 4. The fourth-order valence-electron chi connectivity index (χ4n) is 5.38. The lowest BCUT2D eigenvalue weighted by Gasteiger charge is -2.36. The Morgan fingerprint density at radius 3 is 2.77 bits per heavy atom. The lowest BCUT2D eigenvalue weighted by atomic mass is 9.77. The van der Waals surface area contributed by atoms with Gasteiger partial charge in [0, 0.05) is 29.1 Å². The van der Waals surface area contributed by atoms with Crippen LogP contribution in [0, 0.1) is 0 Å². The van der Waals surface area contributed by atoms with Crippen molar-refractivity contribution in [1.82, 2.24) is 5.32 Å². The molecule has 5 rings (SSSR count). The first-order valence-electron chi connectivity index (χ1n) is 11.8. The van der Waals surface area contributed by atoms with Crippen molar-refractivity contribution in [2.45, 2.75) is 25.3 Å². The number of rotatable bonds is 5. The van der Waals surface area contributed by atoms with Crippen molar-refractivity contribution in [2.75, 3.05) is 26.9 Å². The van der Waals surface area contributed by atoms with Crippen molar-refractivity contribution in [1.29, 1.82) is 0 Å². The van der Waals surface area contributed by atoms with Crippen LogP contribution in [0.5, 0.6) is 0 Å². The van der Waals surface area contributed by atoms with Gasteiger partial charge in [0.2, 0.25) is 0 Å². The molecule has 0 radical (unpaired) electrons. The molecule has 2 unspecified atom stereocenters. The summed E-state index contributed by atoms with van der Waals surface area (Å²) in [4.78, 5) is 18.1. The van der Waals surface area contributed by atoms with Gasteiger partial charge >= 0.3 is 0 Å². The van der Waals surface area contributed by atoms with Crippen LogP contribution in [0.1, 0.15) is 41.2 Å². The highest BCUT2D eigenvalue weighted by molar-refractivity contribution is 7.79. The second-order valence-electron chi connectivity index (χ2n) is 10.1. The van der Waals surface area contributed by atoms with Crippen LogP contribution in [0.2, 0.25) is 0 Å². The Bertz CT molecular complexity index is 1450. The largest absolute Gasteiger partial charge is 0.360 e. The van der Waals surface area contributed by atoms with E-state index >= 15 is 0 Å². The molecule has 0 fully saturated rings. The summed E-state index contributed by atoms with van der Waals surface area (Å²) in [6, 6.07) is 4.19. The molecule has 6 nitrogen and oxygen atoms in total. The number of quaternary nitrogens is 1. The third-order valence-corrected chi connectivity index (χ3v) is 7.51. The Morgan fingerprint density at radius 1 is 1.20 bits per heavy atom. The number of likely N-dealkylation sites (N-methyl/N-ethyl adjacent to an activating group) is 1. The van der Waals surface area contributed by atoms with Crippen molar-refractivity contribution in [3.63, 3.8) is 0 Å². The summed E-state index contributed by atoms with van der Waals surface area (Å²) in [5.41, 5.74) is 6.84. The molecule has 7 heteroatoms. The molecule has 2 atom stereocenters. The minimum Gasteiger partial charge on any atom is -0.360 e. The maximum atomic E-state index is 13.8. The van der Waals surface area contributed by atoms with Crippen LogP contribution < -0.4 is 15.8 Å².